The maximum absolute atomic E-state index is 13.3. The van der Waals surface area contributed by atoms with Gasteiger partial charge in [0.05, 0.1) is 5.56 Å². The van der Waals surface area contributed by atoms with E-state index in [4.69, 9.17) is 10.5 Å². The first-order valence-corrected chi connectivity index (χ1v) is 8.20. The van der Waals surface area contributed by atoms with Gasteiger partial charge in [-0.1, -0.05) is 18.2 Å². The minimum atomic E-state index is -1.61. The van der Waals surface area contributed by atoms with E-state index in [1.807, 2.05) is 13.0 Å². The molecule has 1 spiro atoms. The first kappa shape index (κ1) is 16.0. The quantitative estimate of drug-likeness (QED) is 0.811. The summed E-state index contributed by atoms with van der Waals surface area (Å²) >= 11 is 0. The maximum atomic E-state index is 13.3. The Morgan fingerprint density at radius 3 is 2.77 bits per heavy atom. The number of nitrogens with two attached hydrogens (primary N) is 1. The number of hydrogen-bond acceptors (Lipinski definition) is 5. The zero-order valence-corrected chi connectivity index (χ0v) is 14.3. The highest BCUT2D eigenvalue weighted by atomic mass is 16.5. The van der Waals surface area contributed by atoms with Crippen LogP contribution in [0, 0.1) is 18.3 Å². The lowest BCUT2D eigenvalue weighted by Crippen LogP contribution is -2.47. The van der Waals surface area contributed by atoms with Crippen molar-refractivity contribution in [2.24, 2.45) is 5.73 Å². The molecule has 0 fully saturated rings. The summed E-state index contributed by atoms with van der Waals surface area (Å²) in [6.45, 7) is 4.05. The molecule has 0 unspecified atom stereocenters. The molecule has 1 aromatic heterocycles. The van der Waals surface area contributed by atoms with Crippen molar-refractivity contribution in [3.63, 3.8) is 0 Å². The lowest BCUT2D eigenvalue weighted by atomic mass is 9.69. The second-order valence-electron chi connectivity index (χ2n) is 6.28. The third kappa shape index (κ3) is 1.70. The highest BCUT2D eigenvalue weighted by Crippen LogP contribution is 2.51. The molecule has 1 amide bonds. The van der Waals surface area contributed by atoms with Crippen LogP contribution in [0.15, 0.2) is 46.6 Å². The average Bonchev–Trinajstić information content (AvgIpc) is 2.88. The lowest BCUT2D eigenvalue weighted by Gasteiger charge is -2.33. The molecule has 7 nitrogen and oxygen atoms in total. The lowest BCUT2D eigenvalue weighted by molar-refractivity contribution is -0.118. The van der Waals surface area contributed by atoms with E-state index in [1.54, 1.807) is 41.8 Å². The Kier molecular flexibility index (Phi) is 3.21. The number of ether oxygens (including phenoxy) is 1. The topological polar surface area (TPSA) is 110 Å². The summed E-state index contributed by atoms with van der Waals surface area (Å²) in [6, 6.07) is 10.7. The van der Waals surface area contributed by atoms with Crippen molar-refractivity contribution in [1.82, 2.24) is 4.57 Å². The molecule has 7 heteroatoms. The molecule has 130 valence electrons. The van der Waals surface area contributed by atoms with Gasteiger partial charge in [0.15, 0.2) is 5.41 Å². The summed E-state index contributed by atoms with van der Waals surface area (Å²) in [6.07, 6.45) is 0. The van der Waals surface area contributed by atoms with Crippen molar-refractivity contribution >= 4 is 11.6 Å². The largest absolute Gasteiger partial charge is 0.440 e. The summed E-state index contributed by atoms with van der Waals surface area (Å²) in [5.74, 6) is -0.438. The van der Waals surface area contributed by atoms with Gasteiger partial charge < -0.3 is 20.4 Å². The van der Waals surface area contributed by atoms with Crippen molar-refractivity contribution in [2.75, 3.05) is 5.32 Å². The van der Waals surface area contributed by atoms with Gasteiger partial charge in [-0.25, -0.2) is 0 Å². The van der Waals surface area contributed by atoms with Crippen LogP contribution in [0.3, 0.4) is 0 Å². The summed E-state index contributed by atoms with van der Waals surface area (Å²) in [4.78, 5) is 26.4. The number of pyridine rings is 1. The number of nitrogens with one attached hydrogen (secondary N) is 1. The minimum Gasteiger partial charge on any atom is -0.440 e. The van der Waals surface area contributed by atoms with Crippen LogP contribution in [-0.4, -0.2) is 10.5 Å². The first-order valence-electron chi connectivity index (χ1n) is 8.20. The van der Waals surface area contributed by atoms with E-state index in [9.17, 15) is 14.9 Å². The molecule has 4 rings (SSSR count). The highest BCUT2D eigenvalue weighted by Gasteiger charge is 2.58. The van der Waals surface area contributed by atoms with E-state index < -0.39 is 11.3 Å². The predicted molar refractivity (Wildman–Crippen MR) is 94.4 cm³/mol. The molecule has 26 heavy (non-hydrogen) atoms. The molecule has 0 saturated heterocycles. The normalized spacial score (nSPS) is 20.3. The second-order valence-corrected chi connectivity index (χ2v) is 6.28. The van der Waals surface area contributed by atoms with Gasteiger partial charge in [-0.05, 0) is 19.9 Å². The Hall–Kier alpha value is -3.53. The van der Waals surface area contributed by atoms with Crippen molar-refractivity contribution < 1.29 is 9.53 Å². The number of hydrogen-bond donors (Lipinski definition) is 2. The standard InChI is InChI=1S/C19H16N4O3/c1-3-23-10(2)8-14-15(17(23)24)19(12(9-20)16(21)26-14)11-6-4-5-7-13(11)22-18(19)25/h4-8H,3,21H2,1-2H3,(H,22,25)/t19-/m0/s1. The number of nitrogens with zero attached hydrogens (tertiary/aromatic N) is 2. The van der Waals surface area contributed by atoms with E-state index in [-0.39, 0.29) is 28.3 Å². The molecule has 2 aliphatic heterocycles. The van der Waals surface area contributed by atoms with Crippen LogP contribution >= 0.6 is 0 Å². The SMILES string of the molecule is CCn1c(C)cc2c(c1=O)[C@@]1(C(=O)Nc3ccccc31)C(C#N)=C(N)O2. The number of nitriles is 1. The minimum absolute atomic E-state index is 0.0731. The molecule has 0 aliphatic carbocycles. The van der Waals surface area contributed by atoms with Crippen molar-refractivity contribution in [1.29, 1.82) is 5.26 Å². The molecular weight excluding hydrogens is 332 g/mol. The maximum Gasteiger partial charge on any atom is 0.259 e. The van der Waals surface area contributed by atoms with Gasteiger partial charge in [0.2, 0.25) is 11.8 Å². The Morgan fingerprint density at radius 1 is 1.35 bits per heavy atom. The number of para-hydroxylation sites is 1. The monoisotopic (exact) mass is 348 g/mol. The van der Waals surface area contributed by atoms with Crippen molar-refractivity contribution in [3.8, 4) is 11.8 Å². The molecule has 1 aromatic carbocycles. The van der Waals surface area contributed by atoms with Gasteiger partial charge in [-0.2, -0.15) is 5.26 Å². The number of carbonyl (C=O) groups is 1. The van der Waals surface area contributed by atoms with Crippen molar-refractivity contribution in [3.05, 3.63) is 69.0 Å². The number of fused-ring (bicyclic) bond motifs is 4. The van der Waals surface area contributed by atoms with Crippen LogP contribution in [0.2, 0.25) is 0 Å². The van der Waals surface area contributed by atoms with Crippen LogP contribution in [0.4, 0.5) is 5.69 Å². The van der Waals surface area contributed by atoms with Crippen LogP contribution in [0.5, 0.6) is 5.75 Å². The fraction of sp³-hybridized carbons (Fsp3) is 0.211. The third-order valence-electron chi connectivity index (χ3n) is 5.04. The molecule has 1 atom stereocenters. The van der Waals surface area contributed by atoms with Crippen molar-refractivity contribution in [2.45, 2.75) is 25.8 Å². The van der Waals surface area contributed by atoms with Gasteiger partial charge in [0.1, 0.15) is 17.4 Å². The number of amides is 1. The third-order valence-corrected chi connectivity index (χ3v) is 5.04. The summed E-state index contributed by atoms with van der Waals surface area (Å²) in [5.41, 5.74) is 5.83. The molecule has 0 radical (unpaired) electrons. The van der Waals surface area contributed by atoms with Gasteiger partial charge >= 0.3 is 0 Å². The number of anilines is 1. The van der Waals surface area contributed by atoms with Crippen LogP contribution in [0.1, 0.15) is 23.7 Å². The van der Waals surface area contributed by atoms with Crippen LogP contribution in [-0.2, 0) is 16.8 Å². The van der Waals surface area contributed by atoms with E-state index >= 15 is 0 Å². The fourth-order valence-corrected chi connectivity index (χ4v) is 3.93. The summed E-state index contributed by atoms with van der Waals surface area (Å²) in [5, 5.41) is 12.6. The Morgan fingerprint density at radius 2 is 2.08 bits per heavy atom. The van der Waals surface area contributed by atoms with Gasteiger partial charge in [0, 0.05) is 29.6 Å². The Labute approximate surface area is 149 Å². The van der Waals surface area contributed by atoms with Gasteiger partial charge in [-0.3, -0.25) is 9.59 Å². The average molecular weight is 348 g/mol. The Bertz CT molecular complexity index is 1110. The van der Waals surface area contributed by atoms with Crippen LogP contribution < -0.4 is 21.3 Å². The van der Waals surface area contributed by atoms with E-state index in [2.05, 4.69) is 5.32 Å². The molecule has 2 aliphatic rings. The number of aryl methyl sites for hydroxylation is 1. The predicted octanol–water partition coefficient (Wildman–Crippen LogP) is 1.50. The molecule has 0 bridgehead atoms. The number of rotatable bonds is 1. The number of carbonyl (C=O) groups excluding carboxylic acids is 1. The van der Waals surface area contributed by atoms with Gasteiger partial charge in [0.25, 0.3) is 5.56 Å². The number of aromatic nitrogens is 1. The zero-order valence-electron chi connectivity index (χ0n) is 14.3. The highest BCUT2D eigenvalue weighted by molar-refractivity contribution is 6.12. The molecule has 0 saturated carbocycles. The zero-order chi connectivity index (χ0) is 18.6. The molecule has 3 N–H and O–H groups in total. The summed E-state index contributed by atoms with van der Waals surface area (Å²) < 4.78 is 7.14. The van der Waals surface area contributed by atoms with E-state index in [1.165, 1.54) is 0 Å². The Balaban J connectivity index is 2.22. The van der Waals surface area contributed by atoms with E-state index in [0.717, 1.165) is 0 Å². The second kappa shape index (κ2) is 5.23. The molecule has 3 heterocycles. The number of benzene rings is 1. The van der Waals surface area contributed by atoms with Gasteiger partial charge in [-0.15, -0.1) is 0 Å². The smallest absolute Gasteiger partial charge is 0.259 e. The first-order chi connectivity index (χ1) is 12.5. The van der Waals surface area contributed by atoms with Crippen LogP contribution in [0.25, 0.3) is 0 Å². The summed E-state index contributed by atoms with van der Waals surface area (Å²) in [7, 11) is 0. The van der Waals surface area contributed by atoms with E-state index in [0.29, 0.717) is 23.5 Å². The molecule has 2 aromatic rings. The molecular formula is C19H16N4O3. The fourth-order valence-electron chi connectivity index (χ4n) is 3.93.